The molecule has 0 aromatic carbocycles. The van der Waals surface area contributed by atoms with Crippen molar-refractivity contribution in [3.63, 3.8) is 0 Å². The van der Waals surface area contributed by atoms with Gasteiger partial charge in [-0.2, -0.15) is 0 Å². The minimum Gasteiger partial charge on any atom is -0.449 e. The Morgan fingerprint density at radius 3 is 2.10 bits per heavy atom. The minimum absolute atomic E-state index is 0. The quantitative estimate of drug-likeness (QED) is 0.777. The van der Waals surface area contributed by atoms with Crippen molar-refractivity contribution in [2.45, 2.75) is 63.4 Å². The number of hydrogen-bond acceptors (Lipinski definition) is 2. The van der Waals surface area contributed by atoms with Crippen LogP contribution in [-0.2, 0) is 4.74 Å². The molecule has 2 fully saturated rings. The van der Waals surface area contributed by atoms with E-state index in [1.807, 2.05) is 0 Å². The maximum atomic E-state index is 13.1. The van der Waals surface area contributed by atoms with Crippen molar-refractivity contribution in [1.82, 2.24) is 5.32 Å². The summed E-state index contributed by atoms with van der Waals surface area (Å²) in [4.78, 5) is 11.5. The summed E-state index contributed by atoms with van der Waals surface area (Å²) < 4.78 is 44.5. The van der Waals surface area contributed by atoms with Crippen molar-refractivity contribution in [2.24, 2.45) is 5.92 Å². The number of halogens is 3. The second-order valence-electron chi connectivity index (χ2n) is 6.83. The third kappa shape index (κ3) is 4.15. The number of carbonyl (C=O) groups is 1. The normalized spacial score (nSPS) is 30.0. The fourth-order valence-electron chi connectivity index (χ4n) is 2.96. The molecule has 20 heavy (non-hydrogen) atoms. The number of nitrogens with one attached hydrogen (secondary N) is 1. The fourth-order valence-corrected chi connectivity index (χ4v) is 2.96. The second-order valence-corrected chi connectivity index (χ2v) is 6.83. The molecule has 0 radical (unpaired) electrons. The van der Waals surface area contributed by atoms with Crippen LogP contribution in [-0.4, -0.2) is 24.7 Å². The molecule has 1 amide bonds. The third-order valence-electron chi connectivity index (χ3n) is 4.02. The van der Waals surface area contributed by atoms with E-state index in [4.69, 9.17) is 4.74 Å². The monoisotopic (exact) mass is 317 g/mol. The van der Waals surface area contributed by atoms with Crippen molar-refractivity contribution in [3.05, 3.63) is 0 Å². The Morgan fingerprint density at radius 1 is 1.25 bits per heavy atom. The summed E-state index contributed by atoms with van der Waals surface area (Å²) in [7, 11) is 0. The first-order chi connectivity index (χ1) is 8.53. The van der Waals surface area contributed by atoms with Crippen LogP contribution in [0.25, 0.3) is 0 Å². The van der Waals surface area contributed by atoms with Crippen LogP contribution in [0.2, 0.25) is 5.31 Å². The molecule has 0 bridgehead atoms. The Kier molecular flexibility index (Phi) is 5.74. The van der Waals surface area contributed by atoms with Gasteiger partial charge in [0, 0.05) is 6.04 Å². The summed E-state index contributed by atoms with van der Waals surface area (Å²) in [6, 6.07) is -0.404. The summed E-state index contributed by atoms with van der Waals surface area (Å²) in [6.45, 7) is 0.332. The van der Waals surface area contributed by atoms with Crippen molar-refractivity contribution >= 4 is 13.1 Å². The first kappa shape index (κ1) is 18.8. The van der Waals surface area contributed by atoms with Crippen LogP contribution in [0.5, 0.6) is 0 Å². The Labute approximate surface area is 160 Å². The number of amides is 1. The maximum Gasteiger partial charge on any atom is 1.00 e. The van der Waals surface area contributed by atoms with Gasteiger partial charge in [0.25, 0.3) is 0 Å². The van der Waals surface area contributed by atoms with E-state index in [0.717, 1.165) is 0 Å². The van der Waals surface area contributed by atoms with Crippen molar-refractivity contribution in [3.8, 4) is 0 Å². The van der Waals surface area contributed by atoms with Crippen LogP contribution in [0.15, 0.2) is 0 Å². The zero-order chi connectivity index (χ0) is 14.5. The van der Waals surface area contributed by atoms with Crippen LogP contribution in [0, 0.1) is 5.92 Å². The number of carbonyl (C=O) groups excluding carboxylic acids is 1. The van der Waals surface area contributed by atoms with Gasteiger partial charge in [-0.15, -0.1) is 0 Å². The molecule has 2 saturated carbocycles. The minimum atomic E-state index is -4.84. The summed E-state index contributed by atoms with van der Waals surface area (Å²) in [5.74, 6) is -0.218. The molecule has 3 nitrogen and oxygen atoms in total. The van der Waals surface area contributed by atoms with E-state index < -0.39 is 30.0 Å². The van der Waals surface area contributed by atoms with Gasteiger partial charge < -0.3 is 23.0 Å². The van der Waals surface area contributed by atoms with Crippen molar-refractivity contribution in [1.29, 1.82) is 0 Å². The molecule has 0 atom stereocenters. The molecular weight excluding hydrogens is 297 g/mol. The molecule has 2 aliphatic rings. The molecule has 2 aliphatic carbocycles. The Morgan fingerprint density at radius 2 is 1.75 bits per heavy atom. The summed E-state index contributed by atoms with van der Waals surface area (Å²) in [5.41, 5.74) is -0.630. The first-order valence-corrected chi connectivity index (χ1v) is 6.72. The summed E-state index contributed by atoms with van der Waals surface area (Å²) in [5, 5.41) is 1.03. The van der Waals surface area contributed by atoms with Crippen LogP contribution in [0.4, 0.5) is 17.7 Å². The maximum absolute atomic E-state index is 13.1. The number of hydrogen-bond donors (Lipinski definition) is 1. The standard InChI is InChI=1S/C12H20BF3NO2.K/c1-11(2,3)19-10(18)17-9-6-12(7-9,8-4-5-8)13(14,15)16;/h8-9H,4-7H2,1-3H3,(H,17,18);/q-1;+1. The molecule has 0 aromatic heterocycles. The molecule has 0 heterocycles. The zero-order valence-electron chi connectivity index (χ0n) is 12.5. The van der Waals surface area contributed by atoms with Gasteiger partial charge in [0.15, 0.2) is 0 Å². The topological polar surface area (TPSA) is 38.3 Å². The number of alkyl carbamates (subject to hydrolysis) is 1. The van der Waals surface area contributed by atoms with Gasteiger partial charge in [0.2, 0.25) is 0 Å². The van der Waals surface area contributed by atoms with E-state index in [2.05, 4.69) is 5.32 Å². The molecular formula is C12H20BF3KNO2. The zero-order valence-corrected chi connectivity index (χ0v) is 15.6. The van der Waals surface area contributed by atoms with Gasteiger partial charge in [-0.05, 0) is 20.8 Å². The van der Waals surface area contributed by atoms with Crippen molar-refractivity contribution < 1.29 is 73.9 Å². The van der Waals surface area contributed by atoms with Crippen LogP contribution < -0.4 is 56.7 Å². The van der Waals surface area contributed by atoms with E-state index >= 15 is 0 Å². The van der Waals surface area contributed by atoms with Gasteiger partial charge >= 0.3 is 64.5 Å². The Balaban J connectivity index is 0.00000200. The van der Waals surface area contributed by atoms with E-state index in [0.29, 0.717) is 12.8 Å². The molecule has 1 N–H and O–H groups in total. The molecule has 0 saturated heterocycles. The fraction of sp³-hybridized carbons (Fsp3) is 0.917. The van der Waals surface area contributed by atoms with E-state index in [9.17, 15) is 17.7 Å². The predicted octanol–water partition coefficient (Wildman–Crippen LogP) is 0.675. The number of rotatable bonds is 3. The van der Waals surface area contributed by atoms with Crippen LogP contribution in [0.1, 0.15) is 46.5 Å². The molecule has 8 heteroatoms. The van der Waals surface area contributed by atoms with Gasteiger partial charge in [-0.3, -0.25) is 0 Å². The third-order valence-corrected chi connectivity index (χ3v) is 4.02. The van der Waals surface area contributed by atoms with E-state index in [1.54, 1.807) is 20.8 Å². The molecule has 0 unspecified atom stereocenters. The average molecular weight is 317 g/mol. The Hall–Kier alpha value is 0.761. The summed E-state index contributed by atoms with van der Waals surface area (Å²) in [6.07, 6.45) is 0.735. The molecule has 0 aliphatic heterocycles. The average Bonchev–Trinajstić information content (AvgIpc) is 2.87. The smallest absolute Gasteiger partial charge is 0.449 e. The summed E-state index contributed by atoms with van der Waals surface area (Å²) >= 11 is 0. The largest absolute Gasteiger partial charge is 1.00 e. The van der Waals surface area contributed by atoms with Crippen molar-refractivity contribution in [2.75, 3.05) is 0 Å². The second kappa shape index (κ2) is 6.10. The van der Waals surface area contributed by atoms with Gasteiger partial charge in [0.1, 0.15) is 5.60 Å². The molecule has 0 aromatic rings. The SMILES string of the molecule is CC(C)(C)OC(=O)NC1CC(C2CC2)([B-](F)(F)F)C1.[K+]. The Bertz CT molecular complexity index is 374. The van der Waals surface area contributed by atoms with E-state index in [-0.39, 0.29) is 70.1 Å². The predicted molar refractivity (Wildman–Crippen MR) is 66.9 cm³/mol. The van der Waals surface area contributed by atoms with Gasteiger partial charge in [0.05, 0.1) is 0 Å². The first-order valence-electron chi connectivity index (χ1n) is 6.72. The molecule has 2 rings (SSSR count). The molecule has 110 valence electrons. The van der Waals surface area contributed by atoms with Crippen LogP contribution >= 0.6 is 0 Å². The number of ether oxygens (including phenoxy) is 1. The van der Waals surface area contributed by atoms with Gasteiger partial charge in [-0.1, -0.05) is 36.9 Å². The van der Waals surface area contributed by atoms with E-state index in [1.165, 1.54) is 0 Å². The van der Waals surface area contributed by atoms with Gasteiger partial charge in [-0.25, -0.2) is 4.79 Å². The molecule has 0 spiro atoms. The van der Waals surface area contributed by atoms with Crippen LogP contribution in [0.3, 0.4) is 0 Å².